The second kappa shape index (κ2) is 6.89. The van der Waals surface area contributed by atoms with Gasteiger partial charge in [0.2, 0.25) is 5.91 Å². The van der Waals surface area contributed by atoms with E-state index in [0.29, 0.717) is 18.9 Å². The molecule has 3 heteroatoms. The number of carbonyl (C=O) groups excluding carboxylic acids is 1. The van der Waals surface area contributed by atoms with E-state index < -0.39 is 0 Å². The maximum Gasteiger partial charge on any atom is 0.223 e. The van der Waals surface area contributed by atoms with E-state index in [0.717, 1.165) is 19.4 Å². The zero-order chi connectivity index (χ0) is 14.5. The fourth-order valence-corrected chi connectivity index (χ4v) is 2.94. The first kappa shape index (κ1) is 15.0. The molecule has 2 rings (SSSR count). The topological polar surface area (TPSA) is 40.5 Å². The quantitative estimate of drug-likeness (QED) is 0.918. The minimum atomic E-state index is -0.345. The molecule has 1 saturated heterocycles. The molecule has 0 spiro atoms. The molecule has 0 bridgehead atoms. The number of amides is 1. The van der Waals surface area contributed by atoms with Crippen LogP contribution in [-0.2, 0) is 4.79 Å². The Hall–Kier alpha value is -1.35. The molecule has 20 heavy (non-hydrogen) atoms. The number of aliphatic hydroxyl groups is 1. The zero-order valence-corrected chi connectivity index (χ0v) is 12.5. The van der Waals surface area contributed by atoms with Crippen LogP contribution in [0, 0.1) is 5.92 Å². The molecule has 0 saturated carbocycles. The van der Waals surface area contributed by atoms with Gasteiger partial charge in [-0.3, -0.25) is 4.79 Å². The summed E-state index contributed by atoms with van der Waals surface area (Å²) in [7, 11) is 0. The summed E-state index contributed by atoms with van der Waals surface area (Å²) in [6.07, 6.45) is 1.91. The number of likely N-dealkylation sites (tertiary alicyclic amines) is 1. The number of hydrogen-bond donors (Lipinski definition) is 1. The second-order valence-electron chi connectivity index (χ2n) is 6.10. The van der Waals surface area contributed by atoms with Crippen molar-refractivity contribution in [1.29, 1.82) is 0 Å². The van der Waals surface area contributed by atoms with Crippen LogP contribution in [0.3, 0.4) is 0 Å². The highest BCUT2D eigenvalue weighted by Gasteiger charge is 2.26. The SMILES string of the molecule is CC(C)C(CC(=O)N1CCCC(O)C1)c1ccccc1. The van der Waals surface area contributed by atoms with Gasteiger partial charge in [-0.15, -0.1) is 0 Å². The lowest BCUT2D eigenvalue weighted by Crippen LogP contribution is -2.42. The largest absolute Gasteiger partial charge is 0.391 e. The van der Waals surface area contributed by atoms with Gasteiger partial charge in [-0.2, -0.15) is 0 Å². The van der Waals surface area contributed by atoms with Crippen LogP contribution in [0.5, 0.6) is 0 Å². The van der Waals surface area contributed by atoms with Crippen LogP contribution in [0.15, 0.2) is 30.3 Å². The number of nitrogens with zero attached hydrogens (tertiary/aromatic N) is 1. The Morgan fingerprint density at radius 1 is 1.35 bits per heavy atom. The van der Waals surface area contributed by atoms with Crippen molar-refractivity contribution in [3.05, 3.63) is 35.9 Å². The first-order valence-electron chi connectivity index (χ1n) is 7.58. The van der Waals surface area contributed by atoms with E-state index in [2.05, 4.69) is 26.0 Å². The van der Waals surface area contributed by atoms with Gasteiger partial charge in [0.15, 0.2) is 0 Å². The Balaban J connectivity index is 2.03. The summed E-state index contributed by atoms with van der Waals surface area (Å²) in [6.45, 7) is 5.61. The molecule has 1 aliphatic rings. The van der Waals surface area contributed by atoms with Gasteiger partial charge in [-0.1, -0.05) is 44.2 Å². The molecule has 1 aromatic carbocycles. The maximum absolute atomic E-state index is 12.4. The molecule has 0 aliphatic carbocycles. The zero-order valence-electron chi connectivity index (χ0n) is 12.5. The number of aliphatic hydroxyl groups excluding tert-OH is 1. The summed E-state index contributed by atoms with van der Waals surface area (Å²) in [5.74, 6) is 0.852. The van der Waals surface area contributed by atoms with Crippen LogP contribution in [-0.4, -0.2) is 35.1 Å². The van der Waals surface area contributed by atoms with Crippen molar-refractivity contribution in [2.45, 2.75) is 45.1 Å². The number of hydrogen-bond acceptors (Lipinski definition) is 2. The van der Waals surface area contributed by atoms with Gasteiger partial charge in [0.1, 0.15) is 0 Å². The van der Waals surface area contributed by atoms with Crippen LogP contribution < -0.4 is 0 Å². The average Bonchev–Trinajstić information content (AvgIpc) is 2.45. The molecular weight excluding hydrogens is 250 g/mol. The first-order valence-corrected chi connectivity index (χ1v) is 7.58. The van der Waals surface area contributed by atoms with Crippen molar-refractivity contribution >= 4 is 5.91 Å². The lowest BCUT2D eigenvalue weighted by Gasteiger charge is -2.32. The Bertz CT molecular complexity index is 430. The lowest BCUT2D eigenvalue weighted by molar-refractivity contribution is -0.134. The molecule has 110 valence electrons. The standard InChI is InChI=1S/C17H25NO2/c1-13(2)16(14-7-4-3-5-8-14)11-17(20)18-10-6-9-15(19)12-18/h3-5,7-8,13,15-16,19H,6,9-12H2,1-2H3. The third kappa shape index (κ3) is 3.83. The van der Waals surface area contributed by atoms with Crippen molar-refractivity contribution in [2.24, 2.45) is 5.92 Å². The molecule has 2 atom stereocenters. The number of piperidine rings is 1. The van der Waals surface area contributed by atoms with Crippen molar-refractivity contribution < 1.29 is 9.90 Å². The van der Waals surface area contributed by atoms with Crippen molar-refractivity contribution in [3.8, 4) is 0 Å². The van der Waals surface area contributed by atoms with Crippen molar-refractivity contribution in [1.82, 2.24) is 4.90 Å². The van der Waals surface area contributed by atoms with Crippen LogP contribution in [0.4, 0.5) is 0 Å². The summed E-state index contributed by atoms with van der Waals surface area (Å²) in [6, 6.07) is 10.3. The predicted octanol–water partition coefficient (Wildman–Crippen LogP) is 2.80. The summed E-state index contributed by atoms with van der Waals surface area (Å²) in [4.78, 5) is 14.3. The minimum absolute atomic E-state index is 0.173. The molecule has 0 radical (unpaired) electrons. The smallest absolute Gasteiger partial charge is 0.223 e. The van der Waals surface area contributed by atoms with E-state index in [1.165, 1.54) is 5.56 Å². The monoisotopic (exact) mass is 275 g/mol. The molecule has 1 aliphatic heterocycles. The number of β-amino-alcohol motifs (C(OH)–C–C–N with tert-alkyl or cyclic N) is 1. The van der Waals surface area contributed by atoms with Gasteiger partial charge in [0, 0.05) is 19.5 Å². The molecule has 1 N–H and O–H groups in total. The van der Waals surface area contributed by atoms with E-state index in [1.54, 1.807) is 0 Å². The molecule has 1 aromatic rings. The Morgan fingerprint density at radius 3 is 2.65 bits per heavy atom. The van der Waals surface area contributed by atoms with E-state index in [-0.39, 0.29) is 17.9 Å². The van der Waals surface area contributed by atoms with Gasteiger partial charge in [0.25, 0.3) is 0 Å². The summed E-state index contributed by atoms with van der Waals surface area (Å²) in [5, 5.41) is 9.69. The van der Waals surface area contributed by atoms with E-state index >= 15 is 0 Å². The fraction of sp³-hybridized carbons (Fsp3) is 0.588. The lowest BCUT2D eigenvalue weighted by atomic mass is 9.85. The first-order chi connectivity index (χ1) is 9.58. The van der Waals surface area contributed by atoms with Gasteiger partial charge in [0.05, 0.1) is 6.10 Å². The minimum Gasteiger partial charge on any atom is -0.391 e. The summed E-state index contributed by atoms with van der Waals surface area (Å²) >= 11 is 0. The third-order valence-electron chi connectivity index (χ3n) is 4.18. The van der Waals surface area contributed by atoms with Crippen LogP contribution >= 0.6 is 0 Å². The highest BCUT2D eigenvalue weighted by atomic mass is 16.3. The van der Waals surface area contributed by atoms with E-state index in [4.69, 9.17) is 0 Å². The highest BCUT2D eigenvalue weighted by Crippen LogP contribution is 2.29. The van der Waals surface area contributed by atoms with Crippen molar-refractivity contribution in [3.63, 3.8) is 0 Å². The van der Waals surface area contributed by atoms with Gasteiger partial charge >= 0.3 is 0 Å². The molecule has 3 nitrogen and oxygen atoms in total. The van der Waals surface area contributed by atoms with Crippen LogP contribution in [0.1, 0.15) is 44.6 Å². The maximum atomic E-state index is 12.4. The van der Waals surface area contributed by atoms with Gasteiger partial charge < -0.3 is 10.0 Å². The van der Waals surface area contributed by atoms with Gasteiger partial charge in [-0.05, 0) is 30.2 Å². The van der Waals surface area contributed by atoms with Crippen LogP contribution in [0.2, 0.25) is 0 Å². The number of rotatable bonds is 4. The van der Waals surface area contributed by atoms with E-state index in [9.17, 15) is 9.90 Å². The normalized spacial score (nSPS) is 21.0. The molecule has 2 unspecified atom stereocenters. The van der Waals surface area contributed by atoms with Crippen molar-refractivity contribution in [2.75, 3.05) is 13.1 Å². The average molecular weight is 275 g/mol. The highest BCUT2D eigenvalue weighted by molar-refractivity contribution is 5.77. The number of carbonyl (C=O) groups is 1. The Labute approximate surface area is 121 Å². The molecular formula is C17H25NO2. The van der Waals surface area contributed by atoms with Gasteiger partial charge in [-0.25, -0.2) is 0 Å². The third-order valence-corrected chi connectivity index (χ3v) is 4.18. The van der Waals surface area contributed by atoms with Crippen LogP contribution in [0.25, 0.3) is 0 Å². The summed E-state index contributed by atoms with van der Waals surface area (Å²) in [5.41, 5.74) is 1.23. The Kier molecular flexibility index (Phi) is 5.18. The van der Waals surface area contributed by atoms with E-state index in [1.807, 2.05) is 23.1 Å². The fourth-order valence-electron chi connectivity index (χ4n) is 2.94. The second-order valence-corrected chi connectivity index (χ2v) is 6.10. The predicted molar refractivity (Wildman–Crippen MR) is 80.5 cm³/mol. The molecule has 1 heterocycles. The Morgan fingerprint density at radius 2 is 2.05 bits per heavy atom. The molecule has 0 aromatic heterocycles. The molecule has 1 amide bonds. The number of benzene rings is 1. The molecule has 1 fully saturated rings. The summed E-state index contributed by atoms with van der Waals surface area (Å²) < 4.78 is 0.